The Kier molecular flexibility index (Phi) is 18.3. The number of fused-ring (bicyclic) bond motifs is 1. The van der Waals surface area contributed by atoms with Crippen molar-refractivity contribution in [3.63, 3.8) is 0 Å². The van der Waals surface area contributed by atoms with Gasteiger partial charge in [0.25, 0.3) is 0 Å². The maximum Gasteiger partial charge on any atom is 0.338 e. The molecule has 0 radical (unpaired) electrons. The standard InChI is InChI=1S/C22H22O8.4C2H6/c1-25-15-7-3-13(4-8-15)21(23)29-17-11-27-20-18(12-28-19(17)20)30-22(24)14-5-9-16(26-2)10-6-14;4*1-2/h3-10,17-20H,11-12H2,1-2H3;4*1-2H3/t17?,18?,19-,20-;;;;/m1..../s1. The zero-order valence-corrected chi connectivity index (χ0v) is 24.6. The minimum atomic E-state index is -0.575. The Morgan fingerprint density at radius 2 is 0.868 bits per heavy atom. The second-order valence-corrected chi connectivity index (χ2v) is 6.94. The number of methoxy groups -OCH3 is 2. The number of hydrogen-bond donors (Lipinski definition) is 0. The fourth-order valence-corrected chi connectivity index (χ4v) is 3.50. The Hall–Kier alpha value is -3.10. The van der Waals surface area contributed by atoms with Gasteiger partial charge in [0, 0.05) is 0 Å². The maximum atomic E-state index is 12.4. The highest BCUT2D eigenvalue weighted by molar-refractivity contribution is 5.90. The quantitative estimate of drug-likeness (QED) is 0.396. The summed E-state index contributed by atoms with van der Waals surface area (Å²) in [6.45, 7) is 16.3. The van der Waals surface area contributed by atoms with E-state index >= 15 is 0 Å². The van der Waals surface area contributed by atoms with Crippen LogP contribution < -0.4 is 9.47 Å². The van der Waals surface area contributed by atoms with Crippen LogP contribution in [0.25, 0.3) is 0 Å². The minimum Gasteiger partial charge on any atom is -0.497 e. The first-order valence-corrected chi connectivity index (χ1v) is 13.5. The van der Waals surface area contributed by atoms with E-state index < -0.39 is 36.4 Å². The van der Waals surface area contributed by atoms with Crippen LogP contribution in [0.1, 0.15) is 76.1 Å². The number of ether oxygens (including phenoxy) is 6. The van der Waals surface area contributed by atoms with Crippen molar-refractivity contribution in [3.8, 4) is 11.5 Å². The smallest absolute Gasteiger partial charge is 0.338 e. The fourth-order valence-electron chi connectivity index (χ4n) is 3.50. The molecule has 2 aliphatic rings. The molecule has 2 aliphatic heterocycles. The van der Waals surface area contributed by atoms with Gasteiger partial charge in [-0.3, -0.25) is 0 Å². The minimum absolute atomic E-state index is 0.174. The van der Waals surface area contributed by atoms with Crippen molar-refractivity contribution in [2.75, 3.05) is 27.4 Å². The van der Waals surface area contributed by atoms with Crippen LogP contribution in [0.3, 0.4) is 0 Å². The number of hydrogen-bond acceptors (Lipinski definition) is 8. The molecule has 38 heavy (non-hydrogen) atoms. The van der Waals surface area contributed by atoms with E-state index in [1.54, 1.807) is 62.8 Å². The van der Waals surface area contributed by atoms with Crippen molar-refractivity contribution in [1.82, 2.24) is 0 Å². The molecule has 2 saturated heterocycles. The molecule has 0 spiro atoms. The Bertz CT molecular complexity index is 820. The molecule has 0 saturated carbocycles. The van der Waals surface area contributed by atoms with Crippen molar-refractivity contribution >= 4 is 11.9 Å². The molecule has 8 heteroatoms. The summed E-state index contributed by atoms with van der Waals surface area (Å²) < 4.78 is 32.8. The van der Waals surface area contributed by atoms with Gasteiger partial charge in [0.1, 0.15) is 23.7 Å². The van der Waals surface area contributed by atoms with E-state index in [1.807, 2.05) is 55.4 Å². The molecular weight excluding hydrogens is 488 g/mol. The molecule has 0 bridgehead atoms. The van der Waals surface area contributed by atoms with Gasteiger partial charge < -0.3 is 28.4 Å². The molecule has 0 N–H and O–H groups in total. The Morgan fingerprint density at radius 1 is 0.579 bits per heavy atom. The van der Waals surface area contributed by atoms with Gasteiger partial charge in [-0.2, -0.15) is 0 Å². The van der Waals surface area contributed by atoms with Crippen LogP contribution in [-0.2, 0) is 18.9 Å². The van der Waals surface area contributed by atoms with Crippen LogP contribution in [0.5, 0.6) is 11.5 Å². The molecule has 2 unspecified atom stereocenters. The van der Waals surface area contributed by atoms with Gasteiger partial charge in [0.05, 0.1) is 38.6 Å². The summed E-state index contributed by atoms with van der Waals surface area (Å²) in [7, 11) is 3.11. The predicted molar refractivity (Wildman–Crippen MR) is 149 cm³/mol. The SMILES string of the molecule is CC.CC.CC.CC.COc1ccc(C(=O)OC2CO[C@@H]3C(OC(=O)c4ccc(OC)cc4)CO[C@H]23)cc1. The summed E-state index contributed by atoms with van der Waals surface area (Å²) in [5.74, 6) is 0.344. The van der Waals surface area contributed by atoms with E-state index in [4.69, 9.17) is 28.4 Å². The number of carbonyl (C=O) groups excluding carboxylic acids is 2. The van der Waals surface area contributed by atoms with Gasteiger partial charge in [-0.25, -0.2) is 9.59 Å². The van der Waals surface area contributed by atoms with E-state index in [9.17, 15) is 9.59 Å². The van der Waals surface area contributed by atoms with E-state index in [2.05, 4.69) is 0 Å². The number of carbonyl (C=O) groups is 2. The lowest BCUT2D eigenvalue weighted by Gasteiger charge is -2.17. The van der Waals surface area contributed by atoms with E-state index in [0.717, 1.165) is 0 Å². The first-order valence-electron chi connectivity index (χ1n) is 13.5. The van der Waals surface area contributed by atoms with Crippen molar-refractivity contribution in [2.45, 2.75) is 79.8 Å². The van der Waals surface area contributed by atoms with Gasteiger partial charge in [-0.15, -0.1) is 0 Å². The van der Waals surface area contributed by atoms with Crippen molar-refractivity contribution in [1.29, 1.82) is 0 Å². The van der Waals surface area contributed by atoms with Crippen molar-refractivity contribution in [3.05, 3.63) is 59.7 Å². The highest BCUT2D eigenvalue weighted by atomic mass is 16.7. The van der Waals surface area contributed by atoms with Gasteiger partial charge >= 0.3 is 11.9 Å². The van der Waals surface area contributed by atoms with Crippen LogP contribution in [0, 0.1) is 0 Å². The molecule has 0 aromatic heterocycles. The van der Waals surface area contributed by atoms with Crippen LogP contribution in [0.2, 0.25) is 0 Å². The molecule has 2 fully saturated rings. The second-order valence-electron chi connectivity index (χ2n) is 6.94. The molecule has 2 aromatic rings. The van der Waals surface area contributed by atoms with E-state index in [-0.39, 0.29) is 13.2 Å². The number of rotatable bonds is 6. The van der Waals surface area contributed by atoms with Crippen LogP contribution in [0.15, 0.2) is 48.5 Å². The van der Waals surface area contributed by atoms with E-state index in [1.165, 1.54) is 0 Å². The van der Waals surface area contributed by atoms with Crippen molar-refractivity contribution < 1.29 is 38.0 Å². The molecule has 0 amide bonds. The summed E-state index contributed by atoms with van der Waals surface area (Å²) in [5, 5.41) is 0. The van der Waals surface area contributed by atoms with Crippen LogP contribution in [0.4, 0.5) is 0 Å². The fraction of sp³-hybridized carbons (Fsp3) is 0.533. The van der Waals surface area contributed by atoms with Gasteiger partial charge in [-0.1, -0.05) is 55.4 Å². The lowest BCUT2D eigenvalue weighted by atomic mass is 10.1. The Morgan fingerprint density at radius 3 is 1.13 bits per heavy atom. The molecule has 4 atom stereocenters. The first kappa shape index (κ1) is 34.9. The number of esters is 2. The summed E-state index contributed by atoms with van der Waals surface area (Å²) in [6.07, 6.45) is -2.12. The average molecular weight is 535 g/mol. The van der Waals surface area contributed by atoms with Crippen molar-refractivity contribution in [2.24, 2.45) is 0 Å². The lowest BCUT2D eigenvalue weighted by molar-refractivity contribution is -0.0287. The second kappa shape index (κ2) is 19.9. The highest BCUT2D eigenvalue weighted by Crippen LogP contribution is 2.31. The zero-order chi connectivity index (χ0) is 29.1. The molecular formula is C30H46O8. The average Bonchev–Trinajstić information content (AvgIpc) is 3.60. The van der Waals surface area contributed by atoms with Crippen LogP contribution >= 0.6 is 0 Å². The number of benzene rings is 2. The third-order valence-electron chi connectivity index (χ3n) is 5.13. The third-order valence-corrected chi connectivity index (χ3v) is 5.13. The van der Waals surface area contributed by atoms with E-state index in [0.29, 0.717) is 22.6 Å². The van der Waals surface area contributed by atoms with Gasteiger partial charge in [-0.05, 0) is 48.5 Å². The predicted octanol–water partition coefficient (Wildman–Crippen LogP) is 6.36. The largest absolute Gasteiger partial charge is 0.497 e. The lowest BCUT2D eigenvalue weighted by Crippen LogP contribution is -2.36. The zero-order valence-electron chi connectivity index (χ0n) is 24.6. The topological polar surface area (TPSA) is 89.5 Å². The van der Waals surface area contributed by atoms with Crippen LogP contribution in [-0.4, -0.2) is 63.8 Å². The summed E-state index contributed by atoms with van der Waals surface area (Å²) in [6, 6.07) is 13.3. The summed E-state index contributed by atoms with van der Waals surface area (Å²) >= 11 is 0. The van der Waals surface area contributed by atoms with Gasteiger partial charge in [0.15, 0.2) is 12.2 Å². The molecule has 0 aliphatic carbocycles. The molecule has 2 heterocycles. The maximum absolute atomic E-state index is 12.4. The Balaban J connectivity index is 0.00000157. The molecule has 2 aromatic carbocycles. The van der Waals surface area contributed by atoms with Gasteiger partial charge in [0.2, 0.25) is 0 Å². The molecule has 8 nitrogen and oxygen atoms in total. The summed E-state index contributed by atoms with van der Waals surface area (Å²) in [5.41, 5.74) is 0.805. The Labute approximate surface area is 228 Å². The first-order chi connectivity index (χ1) is 18.6. The molecule has 214 valence electrons. The normalized spacial score (nSPS) is 20.2. The third kappa shape index (κ3) is 9.65. The highest BCUT2D eigenvalue weighted by Gasteiger charge is 2.51. The summed E-state index contributed by atoms with van der Waals surface area (Å²) in [4.78, 5) is 24.8. The monoisotopic (exact) mass is 534 g/mol. The molecule has 4 rings (SSSR count).